The SMILES string of the molecule is Cc1c(Nc2ccc(F)cc2)cccc1C1CC(=O)C(C2CCCC2)C(C)N1. The van der Waals surface area contributed by atoms with E-state index in [0.29, 0.717) is 18.1 Å². The highest BCUT2D eigenvalue weighted by Crippen LogP contribution is 2.39. The van der Waals surface area contributed by atoms with Crippen molar-refractivity contribution in [3.63, 3.8) is 0 Å². The average Bonchev–Trinajstić information content (AvgIpc) is 3.19. The van der Waals surface area contributed by atoms with Crippen LogP contribution in [0.1, 0.15) is 56.2 Å². The first kappa shape index (κ1) is 19.1. The molecule has 4 heteroatoms. The summed E-state index contributed by atoms with van der Waals surface area (Å²) < 4.78 is 13.2. The Labute approximate surface area is 166 Å². The molecular weight excluding hydrogens is 351 g/mol. The van der Waals surface area contributed by atoms with E-state index < -0.39 is 0 Å². The van der Waals surface area contributed by atoms with Gasteiger partial charge in [-0.1, -0.05) is 25.0 Å². The zero-order chi connectivity index (χ0) is 19.7. The van der Waals surface area contributed by atoms with Gasteiger partial charge in [-0.2, -0.15) is 0 Å². The van der Waals surface area contributed by atoms with Crippen LogP contribution in [0.5, 0.6) is 0 Å². The largest absolute Gasteiger partial charge is 0.355 e. The fourth-order valence-corrected chi connectivity index (χ4v) is 5.14. The van der Waals surface area contributed by atoms with Crippen LogP contribution >= 0.6 is 0 Å². The standard InChI is InChI=1S/C24H29FN2O/c1-15-20(8-5-9-21(15)27-19-12-10-18(25)11-13-19)22-14-23(28)24(16(2)26-22)17-6-3-4-7-17/h5,8-13,16-17,22,24,26-27H,3-4,6-7,14H2,1-2H3. The third-order valence-electron chi connectivity index (χ3n) is 6.56. The lowest BCUT2D eigenvalue weighted by Crippen LogP contribution is -2.49. The summed E-state index contributed by atoms with van der Waals surface area (Å²) >= 11 is 0. The molecule has 3 atom stereocenters. The molecule has 2 aromatic carbocycles. The fraction of sp³-hybridized carbons (Fsp3) is 0.458. The molecular formula is C24H29FN2O. The van der Waals surface area contributed by atoms with Crippen LogP contribution in [0, 0.1) is 24.6 Å². The van der Waals surface area contributed by atoms with Crippen molar-refractivity contribution in [1.29, 1.82) is 0 Å². The van der Waals surface area contributed by atoms with Crippen molar-refractivity contribution in [3.05, 3.63) is 59.4 Å². The third kappa shape index (κ3) is 3.83. The van der Waals surface area contributed by atoms with E-state index in [0.717, 1.165) is 22.5 Å². The first-order valence-electron chi connectivity index (χ1n) is 10.4. The Morgan fingerprint density at radius 3 is 2.46 bits per heavy atom. The number of nitrogens with one attached hydrogen (secondary N) is 2. The molecule has 2 aliphatic rings. The second-order valence-electron chi connectivity index (χ2n) is 8.40. The Bertz CT molecular complexity index is 842. The van der Waals surface area contributed by atoms with Gasteiger partial charge >= 0.3 is 0 Å². The van der Waals surface area contributed by atoms with E-state index in [2.05, 4.69) is 30.5 Å². The Hall–Kier alpha value is -2.20. The van der Waals surface area contributed by atoms with Crippen molar-refractivity contribution in [2.75, 3.05) is 5.32 Å². The molecule has 4 rings (SSSR count). The van der Waals surface area contributed by atoms with Crippen LogP contribution in [0.25, 0.3) is 0 Å². The number of piperidine rings is 1. The van der Waals surface area contributed by atoms with E-state index in [1.54, 1.807) is 12.1 Å². The van der Waals surface area contributed by atoms with Gasteiger partial charge in [0.05, 0.1) is 0 Å². The molecule has 0 bridgehead atoms. The number of halogens is 1. The maximum Gasteiger partial charge on any atom is 0.139 e. The van der Waals surface area contributed by atoms with Crippen LogP contribution in [-0.4, -0.2) is 11.8 Å². The summed E-state index contributed by atoms with van der Waals surface area (Å²) in [5.74, 6) is 0.897. The number of carbonyl (C=O) groups excluding carboxylic acids is 1. The monoisotopic (exact) mass is 380 g/mol. The van der Waals surface area contributed by atoms with Gasteiger partial charge in [0.15, 0.2) is 0 Å². The number of hydrogen-bond acceptors (Lipinski definition) is 3. The number of anilines is 2. The summed E-state index contributed by atoms with van der Waals surface area (Å²) in [6.45, 7) is 4.25. The van der Waals surface area contributed by atoms with E-state index in [9.17, 15) is 9.18 Å². The van der Waals surface area contributed by atoms with Crippen molar-refractivity contribution in [2.45, 2.75) is 58.0 Å². The van der Waals surface area contributed by atoms with E-state index in [-0.39, 0.29) is 23.8 Å². The Morgan fingerprint density at radius 2 is 1.79 bits per heavy atom. The number of rotatable bonds is 4. The third-order valence-corrected chi connectivity index (χ3v) is 6.56. The molecule has 1 heterocycles. The topological polar surface area (TPSA) is 41.1 Å². The van der Waals surface area contributed by atoms with E-state index in [1.165, 1.54) is 37.8 Å². The molecule has 0 aromatic heterocycles. The van der Waals surface area contributed by atoms with Gasteiger partial charge in [0, 0.05) is 35.8 Å². The van der Waals surface area contributed by atoms with Gasteiger partial charge in [-0.25, -0.2) is 4.39 Å². The van der Waals surface area contributed by atoms with Gasteiger partial charge in [-0.05, 0) is 74.1 Å². The Morgan fingerprint density at radius 1 is 1.07 bits per heavy atom. The molecule has 3 nitrogen and oxygen atoms in total. The highest BCUT2D eigenvalue weighted by molar-refractivity contribution is 5.84. The summed E-state index contributed by atoms with van der Waals surface area (Å²) in [5.41, 5.74) is 4.13. The number of Topliss-reactive ketones (excluding diaryl/α,β-unsaturated/α-hetero) is 1. The lowest BCUT2D eigenvalue weighted by Gasteiger charge is -2.38. The summed E-state index contributed by atoms with van der Waals surface area (Å²) in [7, 11) is 0. The van der Waals surface area contributed by atoms with Gasteiger partial charge in [0.2, 0.25) is 0 Å². The Balaban J connectivity index is 1.53. The van der Waals surface area contributed by atoms with Crippen molar-refractivity contribution in [1.82, 2.24) is 5.32 Å². The smallest absolute Gasteiger partial charge is 0.139 e. The molecule has 2 N–H and O–H groups in total. The maximum absolute atomic E-state index is 13.2. The Kier molecular flexibility index (Phi) is 5.49. The van der Waals surface area contributed by atoms with Crippen molar-refractivity contribution in [2.24, 2.45) is 11.8 Å². The van der Waals surface area contributed by atoms with E-state index in [1.807, 2.05) is 12.1 Å². The lowest BCUT2D eigenvalue weighted by atomic mass is 9.76. The second-order valence-corrected chi connectivity index (χ2v) is 8.40. The zero-order valence-electron chi connectivity index (χ0n) is 16.7. The number of hydrogen-bond donors (Lipinski definition) is 2. The fourth-order valence-electron chi connectivity index (χ4n) is 5.14. The minimum atomic E-state index is -0.244. The molecule has 0 spiro atoms. The second kappa shape index (κ2) is 8.04. The zero-order valence-corrected chi connectivity index (χ0v) is 16.7. The molecule has 28 heavy (non-hydrogen) atoms. The van der Waals surface area contributed by atoms with E-state index in [4.69, 9.17) is 0 Å². The van der Waals surface area contributed by atoms with Gasteiger partial charge in [-0.3, -0.25) is 4.79 Å². The summed E-state index contributed by atoms with van der Waals surface area (Å²) in [6.07, 6.45) is 5.49. The van der Waals surface area contributed by atoms with Gasteiger partial charge in [-0.15, -0.1) is 0 Å². The maximum atomic E-state index is 13.2. The van der Waals surface area contributed by atoms with Gasteiger partial charge in [0.25, 0.3) is 0 Å². The summed E-state index contributed by atoms with van der Waals surface area (Å²) in [6, 6.07) is 12.8. The highest BCUT2D eigenvalue weighted by Gasteiger charge is 2.40. The van der Waals surface area contributed by atoms with Crippen LogP contribution in [0.3, 0.4) is 0 Å². The van der Waals surface area contributed by atoms with Crippen molar-refractivity contribution in [3.8, 4) is 0 Å². The molecule has 2 fully saturated rings. The van der Waals surface area contributed by atoms with Crippen LogP contribution in [0.15, 0.2) is 42.5 Å². The normalized spacial score (nSPS) is 25.8. The van der Waals surface area contributed by atoms with Crippen LogP contribution in [0.2, 0.25) is 0 Å². The molecule has 1 saturated carbocycles. The molecule has 3 unspecified atom stereocenters. The molecule has 0 radical (unpaired) electrons. The number of benzene rings is 2. The molecule has 0 amide bonds. The minimum absolute atomic E-state index is 0.0510. The quantitative estimate of drug-likeness (QED) is 0.717. The first-order chi connectivity index (χ1) is 13.5. The van der Waals surface area contributed by atoms with Crippen LogP contribution in [0.4, 0.5) is 15.8 Å². The van der Waals surface area contributed by atoms with Crippen molar-refractivity contribution >= 4 is 17.2 Å². The predicted octanol–water partition coefficient (Wildman–Crippen LogP) is 5.68. The van der Waals surface area contributed by atoms with E-state index >= 15 is 0 Å². The van der Waals surface area contributed by atoms with Crippen LogP contribution < -0.4 is 10.6 Å². The average molecular weight is 381 g/mol. The minimum Gasteiger partial charge on any atom is -0.355 e. The number of ketones is 1. The summed E-state index contributed by atoms with van der Waals surface area (Å²) in [4.78, 5) is 13.0. The molecule has 1 aliphatic carbocycles. The predicted molar refractivity (Wildman–Crippen MR) is 111 cm³/mol. The molecule has 2 aromatic rings. The summed E-state index contributed by atoms with van der Waals surface area (Å²) in [5, 5.41) is 7.11. The molecule has 148 valence electrons. The van der Waals surface area contributed by atoms with Crippen molar-refractivity contribution < 1.29 is 9.18 Å². The van der Waals surface area contributed by atoms with Crippen LogP contribution in [-0.2, 0) is 4.79 Å². The number of carbonyl (C=O) groups is 1. The molecule has 1 saturated heterocycles. The van der Waals surface area contributed by atoms with Gasteiger partial charge in [0.1, 0.15) is 11.6 Å². The lowest BCUT2D eigenvalue weighted by molar-refractivity contribution is -0.128. The molecule has 1 aliphatic heterocycles. The van der Waals surface area contributed by atoms with Gasteiger partial charge < -0.3 is 10.6 Å². The first-order valence-corrected chi connectivity index (χ1v) is 10.4. The highest BCUT2D eigenvalue weighted by atomic mass is 19.1.